The van der Waals surface area contributed by atoms with Crippen LogP contribution in [0.5, 0.6) is 11.5 Å². The number of carbonyl (C=O) groups excluding carboxylic acids is 3. The van der Waals surface area contributed by atoms with Gasteiger partial charge in [-0.05, 0) is 43.7 Å². The number of methoxy groups -OCH3 is 2. The fourth-order valence-electron chi connectivity index (χ4n) is 3.12. The summed E-state index contributed by atoms with van der Waals surface area (Å²) in [6.07, 6.45) is -0.401. The molecule has 32 heavy (non-hydrogen) atoms. The van der Waals surface area contributed by atoms with E-state index in [0.29, 0.717) is 27.6 Å². The number of rotatable bonds is 11. The minimum Gasteiger partial charge on any atom is -0.493 e. The van der Waals surface area contributed by atoms with Crippen LogP contribution in [0, 0.1) is 0 Å². The summed E-state index contributed by atoms with van der Waals surface area (Å²) in [4.78, 5) is 37.4. The third-order valence-electron chi connectivity index (χ3n) is 4.64. The van der Waals surface area contributed by atoms with Gasteiger partial charge >= 0.3 is 5.97 Å². The van der Waals surface area contributed by atoms with Gasteiger partial charge in [-0.3, -0.25) is 14.4 Å². The predicted octanol–water partition coefficient (Wildman–Crippen LogP) is 4.52. The molecule has 1 amide bonds. The van der Waals surface area contributed by atoms with Gasteiger partial charge in [0.05, 0.1) is 32.8 Å². The number of nitrogens with one attached hydrogen (secondary N) is 1. The molecule has 8 heteroatoms. The van der Waals surface area contributed by atoms with E-state index in [2.05, 4.69) is 5.32 Å². The average Bonchev–Trinajstić information content (AvgIpc) is 2.76. The lowest BCUT2D eigenvalue weighted by Gasteiger charge is -2.20. The summed E-state index contributed by atoms with van der Waals surface area (Å²) < 4.78 is 15.6. The smallest absolute Gasteiger partial charge is 0.308 e. The van der Waals surface area contributed by atoms with Gasteiger partial charge < -0.3 is 19.5 Å². The van der Waals surface area contributed by atoms with Crippen LogP contribution in [0.4, 0.5) is 0 Å². The molecule has 0 aromatic heterocycles. The van der Waals surface area contributed by atoms with E-state index in [1.807, 2.05) is 0 Å². The molecule has 0 saturated heterocycles. The Morgan fingerprint density at radius 3 is 2.28 bits per heavy atom. The van der Waals surface area contributed by atoms with Crippen LogP contribution in [-0.2, 0) is 14.3 Å². The molecule has 1 unspecified atom stereocenters. The average molecular weight is 462 g/mol. The number of hydrogen-bond donors (Lipinski definition) is 1. The number of halogens is 1. The molecule has 2 aromatic rings. The van der Waals surface area contributed by atoms with Crippen molar-refractivity contribution in [3.8, 4) is 11.5 Å². The maximum absolute atomic E-state index is 12.6. The summed E-state index contributed by atoms with van der Waals surface area (Å²) >= 11 is 6.27. The van der Waals surface area contributed by atoms with E-state index < -0.39 is 12.0 Å². The second-order valence-corrected chi connectivity index (χ2v) is 7.78. The van der Waals surface area contributed by atoms with Gasteiger partial charge in [-0.1, -0.05) is 29.8 Å². The summed E-state index contributed by atoms with van der Waals surface area (Å²) in [5, 5.41) is 3.23. The van der Waals surface area contributed by atoms with Gasteiger partial charge in [0.15, 0.2) is 17.3 Å². The summed E-state index contributed by atoms with van der Waals surface area (Å²) in [5.41, 5.74) is 1.02. The van der Waals surface area contributed by atoms with Crippen LogP contribution in [0.2, 0.25) is 5.02 Å². The van der Waals surface area contributed by atoms with Crippen LogP contribution in [0.15, 0.2) is 42.5 Å². The van der Waals surface area contributed by atoms with Crippen molar-refractivity contribution < 1.29 is 28.6 Å². The predicted molar refractivity (Wildman–Crippen MR) is 121 cm³/mol. The third kappa shape index (κ3) is 7.27. The van der Waals surface area contributed by atoms with E-state index >= 15 is 0 Å². The highest BCUT2D eigenvalue weighted by atomic mass is 35.5. The number of Topliss-reactive ketones (excluding diaryl/α,β-unsaturated/α-hetero) is 1. The van der Waals surface area contributed by atoms with E-state index in [1.54, 1.807) is 56.3 Å². The summed E-state index contributed by atoms with van der Waals surface area (Å²) in [7, 11) is 2.99. The molecular formula is C24H28ClNO6. The number of ether oxygens (including phenoxy) is 3. The third-order valence-corrected chi connectivity index (χ3v) is 4.98. The lowest BCUT2D eigenvalue weighted by Crippen LogP contribution is -2.31. The topological polar surface area (TPSA) is 90.9 Å². The molecule has 0 aliphatic rings. The van der Waals surface area contributed by atoms with Crippen LogP contribution in [-0.4, -0.2) is 38.0 Å². The molecule has 0 aliphatic heterocycles. The van der Waals surface area contributed by atoms with E-state index in [0.717, 1.165) is 0 Å². The first kappa shape index (κ1) is 25.2. The summed E-state index contributed by atoms with van der Waals surface area (Å²) in [6, 6.07) is 11.1. The normalized spacial score (nSPS) is 11.6. The van der Waals surface area contributed by atoms with Crippen molar-refractivity contribution >= 4 is 29.3 Å². The van der Waals surface area contributed by atoms with Crippen molar-refractivity contribution in [2.24, 2.45) is 0 Å². The Morgan fingerprint density at radius 1 is 0.969 bits per heavy atom. The monoisotopic (exact) mass is 461 g/mol. The molecule has 0 aliphatic carbocycles. The quantitative estimate of drug-likeness (QED) is 0.391. The molecule has 0 saturated carbocycles. The van der Waals surface area contributed by atoms with Gasteiger partial charge in [-0.2, -0.15) is 0 Å². The molecule has 2 aromatic carbocycles. The van der Waals surface area contributed by atoms with Crippen LogP contribution < -0.4 is 14.8 Å². The molecule has 0 spiro atoms. The highest BCUT2D eigenvalue weighted by Crippen LogP contribution is 2.28. The van der Waals surface area contributed by atoms with Crippen LogP contribution in [0.1, 0.15) is 55.1 Å². The van der Waals surface area contributed by atoms with Crippen LogP contribution in [0.25, 0.3) is 0 Å². The van der Waals surface area contributed by atoms with Gasteiger partial charge in [0.1, 0.15) is 0 Å². The number of amides is 1. The first-order valence-corrected chi connectivity index (χ1v) is 10.6. The van der Waals surface area contributed by atoms with Crippen LogP contribution >= 0.6 is 11.6 Å². The van der Waals surface area contributed by atoms with Crippen molar-refractivity contribution in [2.75, 3.05) is 14.2 Å². The molecule has 7 nitrogen and oxygen atoms in total. The Hall–Kier alpha value is -3.06. The van der Waals surface area contributed by atoms with Crippen molar-refractivity contribution in [1.82, 2.24) is 5.32 Å². The Bertz CT molecular complexity index is 959. The maximum atomic E-state index is 12.6. The number of ketones is 1. The van der Waals surface area contributed by atoms with E-state index in [1.165, 1.54) is 14.2 Å². The van der Waals surface area contributed by atoms with E-state index in [4.69, 9.17) is 25.8 Å². The SMILES string of the molecule is COc1ccc(C(=O)CCC(=O)NC(CC(=O)OC(C)C)c2ccccc2Cl)cc1OC. The lowest BCUT2D eigenvalue weighted by molar-refractivity contribution is -0.148. The molecule has 0 heterocycles. The van der Waals surface area contributed by atoms with Gasteiger partial charge in [0, 0.05) is 23.4 Å². The Balaban J connectivity index is 2.05. The minimum atomic E-state index is -0.668. The van der Waals surface area contributed by atoms with Crippen molar-refractivity contribution in [3.63, 3.8) is 0 Å². The molecule has 0 radical (unpaired) electrons. The van der Waals surface area contributed by atoms with Crippen molar-refractivity contribution in [2.45, 2.75) is 45.3 Å². The van der Waals surface area contributed by atoms with E-state index in [9.17, 15) is 14.4 Å². The fourth-order valence-corrected chi connectivity index (χ4v) is 3.39. The highest BCUT2D eigenvalue weighted by Gasteiger charge is 2.22. The van der Waals surface area contributed by atoms with Gasteiger partial charge in [0.2, 0.25) is 5.91 Å². The second-order valence-electron chi connectivity index (χ2n) is 7.38. The summed E-state index contributed by atoms with van der Waals surface area (Å²) in [6.45, 7) is 3.50. The van der Waals surface area contributed by atoms with Gasteiger partial charge in [-0.25, -0.2) is 0 Å². The summed E-state index contributed by atoms with van der Waals surface area (Å²) in [5.74, 6) is -0.0924. The molecule has 172 valence electrons. The van der Waals surface area contributed by atoms with Crippen LogP contribution in [0.3, 0.4) is 0 Å². The van der Waals surface area contributed by atoms with E-state index in [-0.39, 0.29) is 37.1 Å². The Morgan fingerprint density at radius 2 is 1.66 bits per heavy atom. The highest BCUT2D eigenvalue weighted by molar-refractivity contribution is 6.31. The fraction of sp³-hybridized carbons (Fsp3) is 0.375. The van der Waals surface area contributed by atoms with Gasteiger partial charge in [-0.15, -0.1) is 0 Å². The molecule has 1 atom stereocenters. The number of benzene rings is 2. The zero-order chi connectivity index (χ0) is 23.7. The van der Waals surface area contributed by atoms with Crippen molar-refractivity contribution in [1.29, 1.82) is 0 Å². The Labute approximate surface area is 193 Å². The number of carbonyl (C=O) groups is 3. The maximum Gasteiger partial charge on any atom is 0.308 e. The lowest BCUT2D eigenvalue weighted by atomic mass is 10.0. The second kappa shape index (κ2) is 12.1. The Kier molecular flexibility index (Phi) is 9.53. The first-order valence-electron chi connectivity index (χ1n) is 10.2. The molecule has 2 rings (SSSR count). The molecule has 0 bridgehead atoms. The van der Waals surface area contributed by atoms with Gasteiger partial charge in [0.25, 0.3) is 0 Å². The number of esters is 1. The first-order chi connectivity index (χ1) is 15.2. The number of hydrogen-bond acceptors (Lipinski definition) is 6. The minimum absolute atomic E-state index is 0.00695. The van der Waals surface area contributed by atoms with Crippen molar-refractivity contribution in [3.05, 3.63) is 58.6 Å². The zero-order valence-corrected chi connectivity index (χ0v) is 19.4. The standard InChI is InChI=1S/C24H28ClNO6/c1-15(2)32-24(29)14-19(17-7-5-6-8-18(17)25)26-23(28)12-10-20(27)16-9-11-21(30-3)22(13-16)31-4/h5-9,11,13,15,19H,10,12,14H2,1-4H3,(H,26,28). The molecule has 1 N–H and O–H groups in total. The molecular weight excluding hydrogens is 434 g/mol. The zero-order valence-electron chi connectivity index (χ0n) is 18.6. The largest absolute Gasteiger partial charge is 0.493 e. The molecule has 0 fully saturated rings.